The highest BCUT2D eigenvalue weighted by molar-refractivity contribution is 5.90. The number of hydrogen-bond acceptors (Lipinski definition) is 3. The van der Waals surface area contributed by atoms with E-state index in [1.54, 1.807) is 60.3 Å². The van der Waals surface area contributed by atoms with Gasteiger partial charge in [-0.25, -0.2) is 13.8 Å². The Morgan fingerprint density at radius 1 is 1.03 bits per heavy atom. The second-order valence-electron chi connectivity index (χ2n) is 7.02. The second kappa shape index (κ2) is 8.87. The zero-order valence-corrected chi connectivity index (χ0v) is 16.8. The van der Waals surface area contributed by atoms with E-state index < -0.39 is 0 Å². The normalized spacial score (nSPS) is 10.8. The van der Waals surface area contributed by atoms with Crippen LogP contribution in [0.4, 0.5) is 14.6 Å². The van der Waals surface area contributed by atoms with Gasteiger partial charge in [-0.1, -0.05) is 25.1 Å². The summed E-state index contributed by atoms with van der Waals surface area (Å²) in [6.45, 7) is 2.00. The van der Waals surface area contributed by atoms with Crippen molar-refractivity contribution in [3.8, 4) is 22.4 Å². The van der Waals surface area contributed by atoms with Crippen molar-refractivity contribution in [2.75, 3.05) is 5.32 Å². The van der Waals surface area contributed by atoms with E-state index in [0.29, 0.717) is 23.5 Å². The molecule has 0 bridgehead atoms. The molecular formula is C24H20F2N4O. The number of aromatic nitrogens is 3. The number of nitrogens with zero attached hydrogens (tertiary/aromatic N) is 3. The molecule has 2 aromatic heterocycles. The summed E-state index contributed by atoms with van der Waals surface area (Å²) >= 11 is 0. The molecule has 0 aliphatic rings. The third kappa shape index (κ3) is 4.66. The summed E-state index contributed by atoms with van der Waals surface area (Å²) < 4.78 is 29.3. The maximum atomic E-state index is 14.1. The van der Waals surface area contributed by atoms with E-state index in [9.17, 15) is 13.6 Å². The molecule has 0 fully saturated rings. The first-order valence-corrected chi connectivity index (χ1v) is 9.86. The maximum absolute atomic E-state index is 14.1. The number of anilines is 1. The molecule has 0 atom stereocenters. The minimum absolute atomic E-state index is 0.140. The van der Waals surface area contributed by atoms with Crippen molar-refractivity contribution in [1.82, 2.24) is 14.8 Å². The molecule has 0 saturated heterocycles. The van der Waals surface area contributed by atoms with E-state index in [2.05, 4.69) is 15.4 Å². The average molecular weight is 418 g/mol. The van der Waals surface area contributed by atoms with Gasteiger partial charge in [0.15, 0.2) is 0 Å². The van der Waals surface area contributed by atoms with E-state index in [-0.39, 0.29) is 24.1 Å². The van der Waals surface area contributed by atoms with Crippen LogP contribution in [0.2, 0.25) is 0 Å². The number of carbonyl (C=O) groups is 1. The van der Waals surface area contributed by atoms with E-state index in [4.69, 9.17) is 0 Å². The van der Waals surface area contributed by atoms with E-state index in [1.165, 1.54) is 18.2 Å². The minimum Gasteiger partial charge on any atom is -0.311 e. The molecule has 0 aliphatic carbocycles. The van der Waals surface area contributed by atoms with Gasteiger partial charge in [0.05, 0.1) is 6.54 Å². The Balaban J connectivity index is 1.77. The standard InChI is InChI=1S/C24H20F2N4O/c1-2-23(31)28-22-13-17(11-12-27-22)20-15-30(14-18-5-3-4-6-21(18)26)29-24(20)16-7-9-19(25)10-8-16/h3-13,15H,2,14H2,1H3,(H,27,28,31). The fourth-order valence-corrected chi connectivity index (χ4v) is 3.23. The lowest BCUT2D eigenvalue weighted by Gasteiger charge is -2.06. The average Bonchev–Trinajstić information content (AvgIpc) is 3.20. The molecule has 1 amide bonds. The van der Waals surface area contributed by atoms with Gasteiger partial charge in [-0.15, -0.1) is 0 Å². The Bertz CT molecular complexity index is 1220. The second-order valence-corrected chi connectivity index (χ2v) is 7.02. The molecule has 156 valence electrons. The highest BCUT2D eigenvalue weighted by Crippen LogP contribution is 2.32. The van der Waals surface area contributed by atoms with Crippen LogP contribution in [0.25, 0.3) is 22.4 Å². The number of carbonyl (C=O) groups excluding carboxylic acids is 1. The molecule has 7 heteroatoms. The number of rotatable bonds is 6. The lowest BCUT2D eigenvalue weighted by molar-refractivity contribution is -0.115. The zero-order valence-electron chi connectivity index (χ0n) is 16.8. The number of pyridine rings is 1. The van der Waals surface area contributed by atoms with Crippen LogP contribution in [0.3, 0.4) is 0 Å². The van der Waals surface area contributed by atoms with Gasteiger partial charge >= 0.3 is 0 Å². The van der Waals surface area contributed by atoms with Crippen molar-refractivity contribution in [1.29, 1.82) is 0 Å². The lowest BCUT2D eigenvalue weighted by atomic mass is 10.0. The number of nitrogens with one attached hydrogen (secondary N) is 1. The zero-order chi connectivity index (χ0) is 21.8. The molecule has 31 heavy (non-hydrogen) atoms. The van der Waals surface area contributed by atoms with Crippen molar-refractivity contribution in [3.63, 3.8) is 0 Å². The molecule has 0 unspecified atom stereocenters. The Morgan fingerprint density at radius 2 is 1.81 bits per heavy atom. The van der Waals surface area contributed by atoms with E-state index >= 15 is 0 Å². The van der Waals surface area contributed by atoms with Crippen molar-refractivity contribution in [2.45, 2.75) is 19.9 Å². The Kier molecular flexibility index (Phi) is 5.84. The molecular weight excluding hydrogens is 398 g/mol. The number of benzene rings is 2. The minimum atomic E-state index is -0.343. The SMILES string of the molecule is CCC(=O)Nc1cc(-c2cn(Cc3ccccc3F)nc2-c2ccc(F)cc2)ccn1. The largest absolute Gasteiger partial charge is 0.311 e. The molecule has 0 radical (unpaired) electrons. The van der Waals surface area contributed by atoms with Crippen molar-refractivity contribution < 1.29 is 13.6 Å². The highest BCUT2D eigenvalue weighted by Gasteiger charge is 2.15. The highest BCUT2D eigenvalue weighted by atomic mass is 19.1. The predicted octanol–water partition coefficient (Wildman–Crippen LogP) is 5.29. The predicted molar refractivity (Wildman–Crippen MR) is 115 cm³/mol. The van der Waals surface area contributed by atoms with Gasteiger partial charge in [0.2, 0.25) is 5.91 Å². The van der Waals surface area contributed by atoms with E-state index in [1.807, 2.05) is 6.20 Å². The van der Waals surface area contributed by atoms with Crippen LogP contribution in [0, 0.1) is 11.6 Å². The molecule has 0 saturated carbocycles. The van der Waals surface area contributed by atoms with Crippen molar-refractivity contribution >= 4 is 11.7 Å². The van der Waals surface area contributed by atoms with Crippen LogP contribution < -0.4 is 5.32 Å². The third-order valence-electron chi connectivity index (χ3n) is 4.83. The van der Waals surface area contributed by atoms with E-state index in [0.717, 1.165) is 16.7 Å². The fourth-order valence-electron chi connectivity index (χ4n) is 3.23. The number of halogens is 2. The summed E-state index contributed by atoms with van der Waals surface area (Å²) in [5, 5.41) is 7.40. The number of hydrogen-bond donors (Lipinski definition) is 1. The van der Waals surface area contributed by atoms with Gasteiger partial charge in [0.25, 0.3) is 0 Å². The third-order valence-corrected chi connectivity index (χ3v) is 4.83. The van der Waals surface area contributed by atoms with Crippen LogP contribution in [0.1, 0.15) is 18.9 Å². The summed E-state index contributed by atoms with van der Waals surface area (Å²) in [6.07, 6.45) is 3.75. The van der Waals surface area contributed by atoms with Crippen LogP contribution in [0.15, 0.2) is 73.1 Å². The van der Waals surface area contributed by atoms with Crippen molar-refractivity contribution in [3.05, 3.63) is 90.3 Å². The van der Waals surface area contributed by atoms with Gasteiger partial charge in [-0.05, 0) is 48.0 Å². The molecule has 2 heterocycles. The molecule has 4 rings (SSSR count). The lowest BCUT2D eigenvalue weighted by Crippen LogP contribution is -2.10. The monoisotopic (exact) mass is 418 g/mol. The van der Waals surface area contributed by atoms with Gasteiger partial charge < -0.3 is 5.32 Å². The summed E-state index contributed by atoms with van der Waals surface area (Å²) in [5.74, 6) is -0.365. The summed E-state index contributed by atoms with van der Waals surface area (Å²) in [4.78, 5) is 15.9. The quantitative estimate of drug-likeness (QED) is 0.463. The van der Waals surface area contributed by atoms with Crippen molar-refractivity contribution in [2.24, 2.45) is 0 Å². The Hall–Kier alpha value is -3.87. The van der Waals surface area contributed by atoms with Gasteiger partial charge in [-0.2, -0.15) is 5.10 Å². The summed E-state index contributed by atoms with van der Waals surface area (Å²) in [7, 11) is 0. The molecule has 5 nitrogen and oxygen atoms in total. The molecule has 0 spiro atoms. The van der Waals surface area contributed by atoms with Gasteiger partial charge in [0.1, 0.15) is 23.1 Å². The molecule has 0 aliphatic heterocycles. The van der Waals surface area contributed by atoms with Gasteiger partial charge in [-0.3, -0.25) is 9.48 Å². The summed E-state index contributed by atoms with van der Waals surface area (Å²) in [5.41, 5.74) is 3.39. The first kappa shape index (κ1) is 20.4. The van der Waals surface area contributed by atoms with Crippen LogP contribution in [0.5, 0.6) is 0 Å². The Morgan fingerprint density at radius 3 is 2.55 bits per heavy atom. The molecule has 2 aromatic carbocycles. The first-order valence-electron chi connectivity index (χ1n) is 9.86. The maximum Gasteiger partial charge on any atom is 0.225 e. The fraction of sp³-hybridized carbons (Fsp3) is 0.125. The smallest absolute Gasteiger partial charge is 0.225 e. The van der Waals surface area contributed by atoms with Crippen LogP contribution in [-0.4, -0.2) is 20.7 Å². The van der Waals surface area contributed by atoms with Crippen LogP contribution >= 0.6 is 0 Å². The molecule has 4 aromatic rings. The summed E-state index contributed by atoms with van der Waals surface area (Å²) in [6, 6.07) is 16.1. The number of amides is 1. The Labute approximate surface area is 178 Å². The molecule has 1 N–H and O–H groups in total. The van der Waals surface area contributed by atoms with Gasteiger partial charge in [0, 0.05) is 35.5 Å². The van der Waals surface area contributed by atoms with Crippen LogP contribution in [-0.2, 0) is 11.3 Å². The first-order chi connectivity index (χ1) is 15.0. The topological polar surface area (TPSA) is 59.8 Å².